The molecule has 1 aromatic rings. The third kappa shape index (κ3) is 4.39. The third-order valence-electron chi connectivity index (χ3n) is 3.41. The van der Waals surface area contributed by atoms with Crippen molar-refractivity contribution in [1.82, 2.24) is 10.3 Å². The van der Waals surface area contributed by atoms with E-state index in [1.54, 1.807) is 0 Å². The maximum absolute atomic E-state index is 4.81. The largest absolute Gasteiger partial charge is 0.356 e. The van der Waals surface area contributed by atoms with Crippen LogP contribution in [0.4, 0.5) is 5.82 Å². The third-order valence-corrected chi connectivity index (χ3v) is 4.46. The van der Waals surface area contributed by atoms with Crippen LogP contribution in [0, 0.1) is 0 Å². The molecule has 0 radical (unpaired) electrons. The molecule has 3 nitrogen and oxygen atoms in total. The van der Waals surface area contributed by atoms with E-state index < -0.39 is 0 Å². The molecule has 0 aromatic carbocycles. The Labute approximate surface area is 121 Å². The lowest BCUT2D eigenvalue weighted by molar-refractivity contribution is 0.721. The van der Waals surface area contributed by atoms with E-state index in [9.17, 15) is 0 Å². The van der Waals surface area contributed by atoms with Crippen LogP contribution < -0.4 is 10.2 Å². The number of rotatable bonds is 5. The van der Waals surface area contributed by atoms with Gasteiger partial charge in [0, 0.05) is 31.1 Å². The molecule has 1 aromatic heterocycles. The van der Waals surface area contributed by atoms with Crippen LogP contribution in [0.15, 0.2) is 12.1 Å². The van der Waals surface area contributed by atoms with E-state index in [-0.39, 0.29) is 0 Å². The normalized spacial score (nSPS) is 16.4. The molecule has 1 aliphatic heterocycles. The molecule has 0 atom stereocenters. The van der Waals surface area contributed by atoms with Gasteiger partial charge in [-0.05, 0) is 42.8 Å². The summed E-state index contributed by atoms with van der Waals surface area (Å²) < 4.78 is 0. The van der Waals surface area contributed by atoms with Crippen LogP contribution in [-0.4, -0.2) is 36.1 Å². The Bertz CT molecular complexity index is 387. The second-order valence-electron chi connectivity index (χ2n) is 4.91. The van der Waals surface area contributed by atoms with Crippen LogP contribution >= 0.6 is 11.8 Å². The zero-order valence-electron chi connectivity index (χ0n) is 12.1. The Morgan fingerprint density at radius 1 is 1.26 bits per heavy atom. The van der Waals surface area contributed by atoms with Crippen LogP contribution in [0.1, 0.15) is 31.5 Å². The Hall–Kier alpha value is -0.740. The minimum Gasteiger partial charge on any atom is -0.356 e. The smallest absolute Gasteiger partial charge is 0.129 e. The minimum atomic E-state index is 0.946. The summed E-state index contributed by atoms with van der Waals surface area (Å²) in [4.78, 5) is 7.27. The minimum absolute atomic E-state index is 0.946. The molecule has 106 valence electrons. The van der Waals surface area contributed by atoms with Gasteiger partial charge in [0.25, 0.3) is 0 Å². The molecule has 0 aliphatic carbocycles. The fourth-order valence-corrected chi connectivity index (χ4v) is 3.21. The predicted molar refractivity (Wildman–Crippen MR) is 85.2 cm³/mol. The lowest BCUT2D eigenvalue weighted by Crippen LogP contribution is -2.27. The van der Waals surface area contributed by atoms with Crippen molar-refractivity contribution < 1.29 is 0 Å². The predicted octanol–water partition coefficient (Wildman–Crippen LogP) is 2.70. The molecule has 1 aliphatic rings. The van der Waals surface area contributed by atoms with Gasteiger partial charge in [-0.3, -0.25) is 0 Å². The first-order chi connectivity index (χ1) is 9.33. The number of anilines is 1. The summed E-state index contributed by atoms with van der Waals surface area (Å²) in [5.41, 5.74) is 2.57. The van der Waals surface area contributed by atoms with E-state index in [0.29, 0.717) is 0 Å². The van der Waals surface area contributed by atoms with Crippen LogP contribution in [0.5, 0.6) is 0 Å². The van der Waals surface area contributed by atoms with Crippen LogP contribution in [0.2, 0.25) is 0 Å². The van der Waals surface area contributed by atoms with Crippen molar-refractivity contribution in [3.8, 4) is 0 Å². The quantitative estimate of drug-likeness (QED) is 0.897. The fraction of sp³-hybridized carbons (Fsp3) is 0.667. The van der Waals surface area contributed by atoms with Crippen molar-refractivity contribution in [1.29, 1.82) is 0 Å². The standard InChI is InChI=1S/C15H25N3S/c1-3-14-10-13(12-16-4-2)11-15(17-14)18-6-5-8-19-9-7-18/h10-11,16H,3-9,12H2,1-2H3. The number of thioether (sulfide) groups is 1. The van der Waals surface area contributed by atoms with Gasteiger partial charge in [-0.15, -0.1) is 0 Å². The maximum atomic E-state index is 4.81. The lowest BCUT2D eigenvalue weighted by atomic mass is 10.2. The molecule has 0 amide bonds. The molecule has 0 spiro atoms. The van der Waals surface area contributed by atoms with Crippen molar-refractivity contribution in [2.24, 2.45) is 0 Å². The number of hydrogen-bond donors (Lipinski definition) is 1. The van der Waals surface area contributed by atoms with Crippen molar-refractivity contribution in [3.05, 3.63) is 23.4 Å². The zero-order chi connectivity index (χ0) is 13.5. The molecular weight excluding hydrogens is 254 g/mol. The van der Waals surface area contributed by atoms with Gasteiger partial charge in [-0.2, -0.15) is 11.8 Å². The number of aromatic nitrogens is 1. The van der Waals surface area contributed by atoms with E-state index in [0.717, 1.165) is 32.6 Å². The number of pyridine rings is 1. The first-order valence-corrected chi connectivity index (χ1v) is 8.52. The number of aryl methyl sites for hydroxylation is 1. The summed E-state index contributed by atoms with van der Waals surface area (Å²) in [7, 11) is 0. The topological polar surface area (TPSA) is 28.2 Å². The summed E-state index contributed by atoms with van der Waals surface area (Å²) in [6.45, 7) is 8.57. The second kappa shape index (κ2) is 7.75. The van der Waals surface area contributed by atoms with Gasteiger partial charge in [-0.1, -0.05) is 13.8 Å². The molecule has 1 saturated heterocycles. The number of hydrogen-bond acceptors (Lipinski definition) is 4. The maximum Gasteiger partial charge on any atom is 0.129 e. The highest BCUT2D eigenvalue weighted by Gasteiger charge is 2.12. The molecule has 1 fully saturated rings. The van der Waals surface area contributed by atoms with Crippen molar-refractivity contribution in [2.75, 3.05) is 36.0 Å². The van der Waals surface area contributed by atoms with E-state index in [1.807, 2.05) is 0 Å². The number of nitrogens with one attached hydrogen (secondary N) is 1. The van der Waals surface area contributed by atoms with Gasteiger partial charge in [0.2, 0.25) is 0 Å². The van der Waals surface area contributed by atoms with Gasteiger partial charge in [-0.25, -0.2) is 4.98 Å². The highest BCUT2D eigenvalue weighted by atomic mass is 32.2. The molecule has 19 heavy (non-hydrogen) atoms. The summed E-state index contributed by atoms with van der Waals surface area (Å²) in [5, 5.41) is 3.41. The average molecular weight is 279 g/mol. The molecular formula is C15H25N3S. The SMILES string of the molecule is CCNCc1cc(CC)nc(N2CCCSCC2)c1. The molecule has 0 saturated carbocycles. The molecule has 2 rings (SSSR count). The summed E-state index contributed by atoms with van der Waals surface area (Å²) in [6.07, 6.45) is 2.28. The molecule has 0 bridgehead atoms. The zero-order valence-corrected chi connectivity index (χ0v) is 12.9. The Balaban J connectivity index is 2.17. The van der Waals surface area contributed by atoms with Gasteiger partial charge >= 0.3 is 0 Å². The van der Waals surface area contributed by atoms with Crippen LogP contribution in [-0.2, 0) is 13.0 Å². The fourth-order valence-electron chi connectivity index (χ4n) is 2.32. The van der Waals surface area contributed by atoms with Crippen molar-refractivity contribution in [3.63, 3.8) is 0 Å². The highest BCUT2D eigenvalue weighted by Crippen LogP contribution is 2.19. The summed E-state index contributed by atoms with van der Waals surface area (Å²) >= 11 is 2.06. The molecule has 0 unspecified atom stereocenters. The number of nitrogens with zero attached hydrogens (tertiary/aromatic N) is 2. The van der Waals surface area contributed by atoms with Crippen molar-refractivity contribution >= 4 is 17.6 Å². The highest BCUT2D eigenvalue weighted by molar-refractivity contribution is 7.99. The second-order valence-corrected chi connectivity index (χ2v) is 6.14. The van der Waals surface area contributed by atoms with E-state index >= 15 is 0 Å². The molecule has 2 heterocycles. The molecule has 1 N–H and O–H groups in total. The first-order valence-electron chi connectivity index (χ1n) is 7.36. The van der Waals surface area contributed by atoms with Crippen molar-refractivity contribution in [2.45, 2.75) is 33.2 Å². The average Bonchev–Trinajstić information content (AvgIpc) is 2.73. The van der Waals surface area contributed by atoms with Gasteiger partial charge in [0.05, 0.1) is 0 Å². The van der Waals surface area contributed by atoms with E-state index in [4.69, 9.17) is 4.98 Å². The van der Waals surface area contributed by atoms with Gasteiger partial charge in [0.1, 0.15) is 5.82 Å². The van der Waals surface area contributed by atoms with Crippen LogP contribution in [0.25, 0.3) is 0 Å². The van der Waals surface area contributed by atoms with E-state index in [1.165, 1.54) is 35.0 Å². The Kier molecular flexibility index (Phi) is 5.98. The monoisotopic (exact) mass is 279 g/mol. The summed E-state index contributed by atoms with van der Waals surface area (Å²) in [5.74, 6) is 3.68. The molecule has 4 heteroatoms. The Morgan fingerprint density at radius 2 is 2.16 bits per heavy atom. The van der Waals surface area contributed by atoms with Crippen LogP contribution in [0.3, 0.4) is 0 Å². The lowest BCUT2D eigenvalue weighted by Gasteiger charge is -2.22. The first kappa shape index (κ1) is 14.7. The van der Waals surface area contributed by atoms with Gasteiger partial charge < -0.3 is 10.2 Å². The summed E-state index contributed by atoms with van der Waals surface area (Å²) in [6, 6.07) is 4.50. The Morgan fingerprint density at radius 3 is 2.95 bits per heavy atom. The van der Waals surface area contributed by atoms with Gasteiger partial charge in [0.15, 0.2) is 0 Å². The van der Waals surface area contributed by atoms with E-state index in [2.05, 4.69) is 48.0 Å².